The van der Waals surface area contributed by atoms with Crippen LogP contribution in [0.1, 0.15) is 38.2 Å². The molecule has 1 fully saturated rings. The first-order valence-corrected chi connectivity index (χ1v) is 9.65. The summed E-state index contributed by atoms with van der Waals surface area (Å²) in [6.45, 7) is 4.31. The van der Waals surface area contributed by atoms with Gasteiger partial charge in [0.15, 0.2) is 0 Å². The number of ether oxygens (including phenoxy) is 2. The smallest absolute Gasteiger partial charge is 0.123 e. The third-order valence-electron chi connectivity index (χ3n) is 5.36. The van der Waals surface area contributed by atoms with Crippen LogP contribution in [0.2, 0.25) is 0 Å². The summed E-state index contributed by atoms with van der Waals surface area (Å²) in [5, 5.41) is 3.59. The van der Waals surface area contributed by atoms with Gasteiger partial charge in [0.25, 0.3) is 0 Å². The first-order chi connectivity index (χ1) is 12.7. The van der Waals surface area contributed by atoms with Crippen molar-refractivity contribution in [2.75, 3.05) is 13.7 Å². The Morgan fingerprint density at radius 1 is 1.15 bits per heavy atom. The summed E-state index contributed by atoms with van der Waals surface area (Å²) in [7, 11) is 1.69. The molecule has 1 aromatic heterocycles. The molecule has 0 saturated heterocycles. The molecule has 2 aromatic rings. The Kier molecular flexibility index (Phi) is 6.89. The van der Waals surface area contributed by atoms with Gasteiger partial charge in [0.1, 0.15) is 11.5 Å². The Morgan fingerprint density at radius 2 is 1.96 bits per heavy atom. The van der Waals surface area contributed by atoms with Gasteiger partial charge in [-0.25, -0.2) is 0 Å². The van der Waals surface area contributed by atoms with E-state index in [0.29, 0.717) is 17.9 Å². The van der Waals surface area contributed by atoms with Crippen molar-refractivity contribution in [3.05, 3.63) is 54.4 Å². The van der Waals surface area contributed by atoms with Gasteiger partial charge in [-0.15, -0.1) is 0 Å². The molecule has 0 bridgehead atoms. The number of pyridine rings is 1. The molecular formula is C22H30N2O2. The van der Waals surface area contributed by atoms with Crippen LogP contribution in [-0.2, 0) is 6.54 Å². The second kappa shape index (κ2) is 9.58. The van der Waals surface area contributed by atoms with Gasteiger partial charge in [0, 0.05) is 25.0 Å². The van der Waals surface area contributed by atoms with E-state index in [0.717, 1.165) is 37.4 Å². The quantitative estimate of drug-likeness (QED) is 0.760. The number of hydrogen-bond donors (Lipinski definition) is 1. The van der Waals surface area contributed by atoms with Crippen molar-refractivity contribution in [3.63, 3.8) is 0 Å². The van der Waals surface area contributed by atoms with E-state index < -0.39 is 0 Å². The highest BCUT2D eigenvalue weighted by Gasteiger charge is 2.27. The van der Waals surface area contributed by atoms with Gasteiger partial charge in [0.2, 0.25) is 0 Å². The van der Waals surface area contributed by atoms with Gasteiger partial charge >= 0.3 is 0 Å². The van der Waals surface area contributed by atoms with Gasteiger partial charge in [-0.2, -0.15) is 0 Å². The number of rotatable bonds is 8. The zero-order chi connectivity index (χ0) is 18.2. The second-order valence-corrected chi connectivity index (χ2v) is 7.31. The van der Waals surface area contributed by atoms with Gasteiger partial charge < -0.3 is 14.8 Å². The van der Waals surface area contributed by atoms with Crippen LogP contribution in [-0.4, -0.2) is 24.7 Å². The molecule has 1 unspecified atom stereocenters. The number of aromatic nitrogens is 1. The van der Waals surface area contributed by atoms with E-state index in [-0.39, 0.29) is 0 Å². The second-order valence-electron chi connectivity index (χ2n) is 7.31. The minimum atomic E-state index is 0.309. The van der Waals surface area contributed by atoms with Crippen LogP contribution in [0.4, 0.5) is 0 Å². The molecule has 1 aliphatic rings. The molecule has 3 rings (SSSR count). The summed E-state index contributed by atoms with van der Waals surface area (Å²) in [6, 6.07) is 12.1. The standard InChI is InChI=1S/C22H30N2O2/c1-17(15-24-16-18-9-11-23-12-10-18)19-5-3-7-21(13-19)26-22-8-4-6-20(14-22)25-2/h4,6,8-12,14,17,19,21,24H,3,5,7,13,15-16H2,1-2H3/t17?,19-,21+/m0/s1. The maximum Gasteiger partial charge on any atom is 0.123 e. The highest BCUT2D eigenvalue weighted by Crippen LogP contribution is 2.33. The SMILES string of the molecule is COc1cccc(O[C@@H]2CCC[C@H](C(C)CNCc3ccncc3)C2)c1. The number of benzene rings is 1. The summed E-state index contributed by atoms with van der Waals surface area (Å²) in [5.41, 5.74) is 1.29. The van der Waals surface area contributed by atoms with E-state index in [2.05, 4.69) is 29.4 Å². The van der Waals surface area contributed by atoms with Gasteiger partial charge in [-0.1, -0.05) is 13.0 Å². The zero-order valence-corrected chi connectivity index (χ0v) is 15.9. The van der Waals surface area contributed by atoms with Crippen LogP contribution < -0.4 is 14.8 Å². The van der Waals surface area contributed by atoms with E-state index in [1.165, 1.54) is 18.4 Å². The van der Waals surface area contributed by atoms with Crippen molar-refractivity contribution < 1.29 is 9.47 Å². The summed E-state index contributed by atoms with van der Waals surface area (Å²) >= 11 is 0. The molecule has 1 N–H and O–H groups in total. The molecule has 0 spiro atoms. The fourth-order valence-electron chi connectivity index (χ4n) is 3.78. The lowest BCUT2D eigenvalue weighted by molar-refractivity contribution is 0.102. The minimum Gasteiger partial charge on any atom is -0.497 e. The first-order valence-electron chi connectivity index (χ1n) is 9.65. The molecule has 140 valence electrons. The Labute approximate surface area is 156 Å². The molecule has 1 saturated carbocycles. The number of nitrogens with zero attached hydrogens (tertiary/aromatic N) is 1. The van der Waals surface area contributed by atoms with E-state index in [9.17, 15) is 0 Å². The van der Waals surface area contributed by atoms with Crippen molar-refractivity contribution in [1.82, 2.24) is 10.3 Å². The van der Waals surface area contributed by atoms with Crippen molar-refractivity contribution in [1.29, 1.82) is 0 Å². The third kappa shape index (κ3) is 5.46. The van der Waals surface area contributed by atoms with Crippen molar-refractivity contribution in [3.8, 4) is 11.5 Å². The summed E-state index contributed by atoms with van der Waals surface area (Å²) < 4.78 is 11.5. The van der Waals surface area contributed by atoms with Crippen LogP contribution in [0, 0.1) is 11.8 Å². The Morgan fingerprint density at radius 3 is 2.77 bits per heavy atom. The fourth-order valence-corrected chi connectivity index (χ4v) is 3.78. The van der Waals surface area contributed by atoms with Gasteiger partial charge in [-0.3, -0.25) is 4.98 Å². The molecule has 1 aromatic carbocycles. The predicted molar refractivity (Wildman–Crippen MR) is 104 cm³/mol. The Hall–Kier alpha value is -2.07. The summed E-state index contributed by atoms with van der Waals surface area (Å²) in [4.78, 5) is 4.07. The number of hydrogen-bond acceptors (Lipinski definition) is 4. The molecule has 4 heteroatoms. The van der Waals surface area contributed by atoms with Gasteiger partial charge in [0.05, 0.1) is 13.2 Å². The lowest BCUT2D eigenvalue weighted by Crippen LogP contribution is -2.33. The normalized spacial score (nSPS) is 21.2. The van der Waals surface area contributed by atoms with E-state index in [1.807, 2.05) is 36.7 Å². The molecular weight excluding hydrogens is 324 g/mol. The zero-order valence-electron chi connectivity index (χ0n) is 15.9. The van der Waals surface area contributed by atoms with E-state index in [1.54, 1.807) is 7.11 Å². The van der Waals surface area contributed by atoms with Crippen LogP contribution in [0.5, 0.6) is 11.5 Å². The van der Waals surface area contributed by atoms with E-state index in [4.69, 9.17) is 9.47 Å². The third-order valence-corrected chi connectivity index (χ3v) is 5.36. The number of methoxy groups -OCH3 is 1. The lowest BCUT2D eigenvalue weighted by Gasteiger charge is -2.33. The Bertz CT molecular complexity index is 662. The van der Waals surface area contributed by atoms with Gasteiger partial charge in [-0.05, 0) is 73.9 Å². The molecule has 26 heavy (non-hydrogen) atoms. The lowest BCUT2D eigenvalue weighted by atomic mass is 9.79. The average Bonchev–Trinajstić information content (AvgIpc) is 2.69. The molecule has 1 heterocycles. The maximum absolute atomic E-state index is 6.24. The topological polar surface area (TPSA) is 43.4 Å². The van der Waals surface area contributed by atoms with Crippen molar-refractivity contribution in [2.45, 2.75) is 45.3 Å². The molecule has 0 amide bonds. The Balaban J connectivity index is 1.46. The predicted octanol–water partition coefficient (Wildman–Crippen LogP) is 4.45. The summed E-state index contributed by atoms with van der Waals surface area (Å²) in [5.74, 6) is 3.12. The van der Waals surface area contributed by atoms with Crippen LogP contribution in [0.25, 0.3) is 0 Å². The van der Waals surface area contributed by atoms with Crippen molar-refractivity contribution in [2.24, 2.45) is 11.8 Å². The van der Waals surface area contributed by atoms with Crippen LogP contribution in [0.15, 0.2) is 48.8 Å². The van der Waals surface area contributed by atoms with Crippen LogP contribution >= 0.6 is 0 Å². The highest BCUT2D eigenvalue weighted by molar-refractivity contribution is 5.33. The fraction of sp³-hybridized carbons (Fsp3) is 0.500. The minimum absolute atomic E-state index is 0.309. The first kappa shape index (κ1) is 18.7. The van der Waals surface area contributed by atoms with Crippen LogP contribution in [0.3, 0.4) is 0 Å². The highest BCUT2D eigenvalue weighted by atomic mass is 16.5. The van der Waals surface area contributed by atoms with E-state index >= 15 is 0 Å². The maximum atomic E-state index is 6.24. The summed E-state index contributed by atoms with van der Waals surface area (Å²) in [6.07, 6.45) is 8.83. The molecule has 4 nitrogen and oxygen atoms in total. The monoisotopic (exact) mass is 354 g/mol. The van der Waals surface area contributed by atoms with Crippen molar-refractivity contribution >= 4 is 0 Å². The molecule has 1 aliphatic carbocycles. The molecule has 3 atom stereocenters. The average molecular weight is 354 g/mol. The molecule has 0 radical (unpaired) electrons. The number of nitrogens with one attached hydrogen (secondary N) is 1. The largest absolute Gasteiger partial charge is 0.497 e. The molecule has 0 aliphatic heterocycles.